The molecule has 0 aliphatic carbocycles. The number of nitrogens with zero attached hydrogens (tertiary/aromatic N) is 3. The quantitative estimate of drug-likeness (QED) is 0.101. The van der Waals surface area contributed by atoms with Gasteiger partial charge in [-0.1, -0.05) is 60.3 Å². The van der Waals surface area contributed by atoms with Crippen LogP contribution in [0.4, 0.5) is 5.69 Å². The number of rotatable bonds is 10. The molecule has 9 nitrogen and oxygen atoms in total. The number of H-pyrrole nitrogens is 1. The summed E-state index contributed by atoms with van der Waals surface area (Å²) in [5.41, 5.74) is 5.40. The molecule has 212 valence electrons. The van der Waals surface area contributed by atoms with Crippen LogP contribution in [0.25, 0.3) is 40.0 Å². The predicted octanol–water partition coefficient (Wildman–Crippen LogP) is 6.92. The third-order valence-corrected chi connectivity index (χ3v) is 7.32. The molecule has 6 aromatic rings. The molecule has 0 bridgehead atoms. The van der Waals surface area contributed by atoms with E-state index in [-0.39, 0.29) is 22.7 Å². The van der Waals surface area contributed by atoms with E-state index in [9.17, 15) is 9.59 Å². The zero-order valence-electron chi connectivity index (χ0n) is 23.0. The van der Waals surface area contributed by atoms with Crippen molar-refractivity contribution in [1.29, 1.82) is 0 Å². The number of aromatic amines is 1. The Morgan fingerprint density at radius 2 is 1.72 bits per heavy atom. The van der Waals surface area contributed by atoms with Crippen LogP contribution in [0, 0.1) is 0 Å². The van der Waals surface area contributed by atoms with Crippen LogP contribution in [0.15, 0.2) is 113 Å². The molecule has 0 saturated carbocycles. The first-order valence-electron chi connectivity index (χ1n) is 13.3. The smallest absolute Gasteiger partial charge is 0.277 e. The van der Waals surface area contributed by atoms with Crippen molar-refractivity contribution >= 4 is 46.2 Å². The lowest BCUT2D eigenvalue weighted by atomic mass is 10.1. The second kappa shape index (κ2) is 12.6. The first kappa shape index (κ1) is 27.7. The number of fused-ring (bicyclic) bond motifs is 1. The van der Waals surface area contributed by atoms with E-state index in [1.54, 1.807) is 37.5 Å². The number of thioether (sulfide) groups is 1. The van der Waals surface area contributed by atoms with Gasteiger partial charge >= 0.3 is 0 Å². The van der Waals surface area contributed by atoms with Gasteiger partial charge in [0.15, 0.2) is 5.78 Å². The fraction of sp³-hybridized carbons (Fsp3) is 0.0606. The van der Waals surface area contributed by atoms with Gasteiger partial charge in [0.05, 0.1) is 23.9 Å². The molecule has 2 N–H and O–H groups in total. The highest BCUT2D eigenvalue weighted by Crippen LogP contribution is 2.27. The van der Waals surface area contributed by atoms with E-state index in [0.717, 1.165) is 51.1 Å². The average Bonchev–Trinajstić information content (AvgIpc) is 3.71. The highest BCUT2D eigenvalue weighted by molar-refractivity contribution is 7.99. The standard InChI is InChI=1S/C33H25N5O4S/c1-41-26-15-7-21(8-16-26)9-18-29(39)22-10-13-25(14-11-22)34-30(40)20-43-33-38-37-32(42-33)24-12-17-27-28(19-24)36-31(35-27)23-5-3-2-4-6-23/h2-19H,20H2,1H3,(H,34,40)(H,35,36)/b18-9+. The molecule has 10 heteroatoms. The highest BCUT2D eigenvalue weighted by atomic mass is 32.2. The molecule has 0 unspecified atom stereocenters. The largest absolute Gasteiger partial charge is 0.497 e. The summed E-state index contributed by atoms with van der Waals surface area (Å²) in [5.74, 6) is 1.58. The number of anilines is 1. The maximum Gasteiger partial charge on any atom is 0.277 e. The first-order valence-corrected chi connectivity index (χ1v) is 14.3. The van der Waals surface area contributed by atoms with Gasteiger partial charge in [-0.15, -0.1) is 10.2 Å². The predicted molar refractivity (Wildman–Crippen MR) is 167 cm³/mol. The van der Waals surface area contributed by atoms with Gasteiger partial charge in [-0.25, -0.2) is 4.98 Å². The van der Waals surface area contributed by atoms with Crippen molar-refractivity contribution in [2.75, 3.05) is 18.2 Å². The van der Waals surface area contributed by atoms with Crippen LogP contribution in [0.2, 0.25) is 0 Å². The molecular weight excluding hydrogens is 562 g/mol. The molecule has 0 aliphatic heterocycles. The van der Waals surface area contributed by atoms with Crippen molar-refractivity contribution in [2.24, 2.45) is 0 Å². The highest BCUT2D eigenvalue weighted by Gasteiger charge is 2.14. The summed E-state index contributed by atoms with van der Waals surface area (Å²) < 4.78 is 10.9. The van der Waals surface area contributed by atoms with Gasteiger partial charge in [0.25, 0.3) is 5.22 Å². The van der Waals surface area contributed by atoms with Gasteiger partial charge in [-0.2, -0.15) is 0 Å². The third-order valence-electron chi connectivity index (χ3n) is 6.51. The van der Waals surface area contributed by atoms with Crippen molar-refractivity contribution in [3.05, 3.63) is 114 Å². The summed E-state index contributed by atoms with van der Waals surface area (Å²) in [6.07, 6.45) is 3.26. The number of nitrogens with one attached hydrogen (secondary N) is 2. The second-order valence-corrected chi connectivity index (χ2v) is 10.4. The molecule has 2 aromatic heterocycles. The van der Waals surface area contributed by atoms with Crippen LogP contribution in [-0.4, -0.2) is 44.7 Å². The van der Waals surface area contributed by atoms with Crippen LogP contribution in [0.3, 0.4) is 0 Å². The number of ether oxygens (including phenoxy) is 1. The van der Waals surface area contributed by atoms with Crippen LogP contribution in [0.5, 0.6) is 5.75 Å². The van der Waals surface area contributed by atoms with Gasteiger partial charge in [0.2, 0.25) is 11.8 Å². The fourth-order valence-corrected chi connectivity index (χ4v) is 4.85. The molecule has 0 saturated heterocycles. The van der Waals surface area contributed by atoms with E-state index in [4.69, 9.17) is 9.15 Å². The van der Waals surface area contributed by atoms with Crippen LogP contribution in [-0.2, 0) is 4.79 Å². The zero-order valence-corrected chi connectivity index (χ0v) is 23.8. The van der Waals surface area contributed by atoms with Gasteiger partial charge in [-0.05, 0) is 66.2 Å². The summed E-state index contributed by atoms with van der Waals surface area (Å²) in [4.78, 5) is 33.0. The maximum atomic E-state index is 12.5. The van der Waals surface area contributed by atoms with Gasteiger partial charge in [-0.3, -0.25) is 9.59 Å². The van der Waals surface area contributed by atoms with Crippen molar-refractivity contribution in [1.82, 2.24) is 20.2 Å². The van der Waals surface area contributed by atoms with Gasteiger partial charge in [0, 0.05) is 22.4 Å². The van der Waals surface area contributed by atoms with Crippen molar-refractivity contribution in [3.63, 3.8) is 0 Å². The summed E-state index contributed by atoms with van der Waals surface area (Å²) in [6, 6.07) is 29.7. The SMILES string of the molecule is COc1ccc(/C=C/C(=O)c2ccc(NC(=O)CSc3nnc(-c4ccc5nc(-c6ccccc6)[nH]c5c4)o3)cc2)cc1. The lowest BCUT2D eigenvalue weighted by Crippen LogP contribution is -2.14. The molecule has 0 fully saturated rings. The van der Waals surface area contributed by atoms with E-state index in [2.05, 4.69) is 25.5 Å². The monoisotopic (exact) mass is 587 g/mol. The molecule has 4 aromatic carbocycles. The second-order valence-electron chi connectivity index (χ2n) is 9.44. The Bertz CT molecular complexity index is 1910. The van der Waals surface area contributed by atoms with Crippen molar-refractivity contribution < 1.29 is 18.7 Å². The molecule has 2 heterocycles. The average molecular weight is 588 g/mol. The Morgan fingerprint density at radius 3 is 2.49 bits per heavy atom. The Morgan fingerprint density at radius 1 is 0.930 bits per heavy atom. The minimum absolute atomic E-state index is 0.0763. The molecule has 0 atom stereocenters. The molecule has 0 spiro atoms. The normalized spacial score (nSPS) is 11.2. The molecule has 43 heavy (non-hydrogen) atoms. The summed E-state index contributed by atoms with van der Waals surface area (Å²) in [5, 5.41) is 11.3. The van der Waals surface area contributed by atoms with Crippen LogP contribution < -0.4 is 10.1 Å². The van der Waals surface area contributed by atoms with Gasteiger partial charge < -0.3 is 19.5 Å². The number of benzene rings is 4. The minimum atomic E-state index is -0.240. The molecule has 1 amide bonds. The third kappa shape index (κ3) is 6.71. The summed E-state index contributed by atoms with van der Waals surface area (Å²) in [7, 11) is 1.61. The number of amides is 1. The summed E-state index contributed by atoms with van der Waals surface area (Å²) in [6.45, 7) is 0. The van der Waals surface area contributed by atoms with Gasteiger partial charge in [0.1, 0.15) is 11.6 Å². The fourth-order valence-electron chi connectivity index (χ4n) is 4.29. The Hall–Kier alpha value is -5.48. The number of aromatic nitrogens is 4. The number of allylic oxidation sites excluding steroid dienone is 1. The maximum absolute atomic E-state index is 12.5. The number of methoxy groups -OCH3 is 1. The van der Waals surface area contributed by atoms with E-state index < -0.39 is 0 Å². The Labute approximate surface area is 251 Å². The van der Waals surface area contributed by atoms with Crippen molar-refractivity contribution in [3.8, 4) is 28.6 Å². The first-order chi connectivity index (χ1) is 21.0. The lowest BCUT2D eigenvalue weighted by Gasteiger charge is -2.05. The number of hydrogen-bond acceptors (Lipinski definition) is 8. The van der Waals surface area contributed by atoms with E-state index in [1.165, 1.54) is 6.08 Å². The topological polar surface area (TPSA) is 123 Å². The number of carbonyl (C=O) groups excluding carboxylic acids is 2. The Balaban J connectivity index is 1.02. The molecule has 0 aliphatic rings. The van der Waals surface area contributed by atoms with Crippen LogP contribution in [0.1, 0.15) is 15.9 Å². The van der Waals surface area contributed by atoms with Crippen LogP contribution >= 0.6 is 11.8 Å². The van der Waals surface area contributed by atoms with E-state index in [0.29, 0.717) is 17.1 Å². The number of ketones is 1. The summed E-state index contributed by atoms with van der Waals surface area (Å²) >= 11 is 1.14. The van der Waals surface area contributed by atoms with E-state index in [1.807, 2.05) is 72.8 Å². The number of imidazole rings is 1. The number of hydrogen-bond donors (Lipinski definition) is 2. The Kier molecular flexibility index (Phi) is 8.10. The van der Waals surface area contributed by atoms with Crippen molar-refractivity contribution in [2.45, 2.75) is 5.22 Å². The lowest BCUT2D eigenvalue weighted by molar-refractivity contribution is -0.113. The van der Waals surface area contributed by atoms with E-state index >= 15 is 0 Å². The molecule has 6 rings (SSSR count). The zero-order chi connectivity index (χ0) is 29.6. The minimum Gasteiger partial charge on any atom is -0.497 e. The number of carbonyl (C=O) groups is 2. The molecular formula is C33H25N5O4S. The molecule has 0 radical (unpaired) electrons.